The number of likely N-dealkylation sites (N-methyl/N-ethyl adjacent to an activating group) is 1. The minimum Gasteiger partial charge on any atom is -0.391 e. The number of primary amides is 2. The first-order valence-electron chi connectivity index (χ1n) is 33.2. The largest absolute Gasteiger partial charge is 0.391 e. The number of amides is 14. The smallest absolute Gasteiger partial charge is 0.248 e. The molecule has 0 aromatic carbocycles. The van der Waals surface area contributed by atoms with Crippen molar-refractivity contribution >= 4 is 82.7 Å². The van der Waals surface area contributed by atoms with Crippen molar-refractivity contribution in [3.63, 3.8) is 0 Å². The first-order valence-corrected chi connectivity index (χ1v) is 33.2. The third-order valence-corrected chi connectivity index (χ3v) is 17.1. The Morgan fingerprint density at radius 1 is 0.531 bits per heavy atom. The molecule has 2 aliphatic rings. The fraction of sp³-hybridized carbons (Fsp3) is 0.778. The van der Waals surface area contributed by atoms with Gasteiger partial charge in [0.05, 0.1) is 24.4 Å². The van der Waals surface area contributed by atoms with Gasteiger partial charge in [-0.2, -0.15) is 0 Å². The Hall–Kier alpha value is -7.62. The summed E-state index contributed by atoms with van der Waals surface area (Å²) < 4.78 is 0. The van der Waals surface area contributed by atoms with Crippen LogP contribution in [0.5, 0.6) is 0 Å². The number of nitrogens with two attached hydrogens (primary N) is 2. The highest BCUT2D eigenvalue weighted by atomic mass is 16.3. The van der Waals surface area contributed by atoms with E-state index in [1.807, 2.05) is 6.92 Å². The van der Waals surface area contributed by atoms with Crippen LogP contribution in [0.15, 0.2) is 0 Å². The lowest BCUT2D eigenvalue weighted by Gasteiger charge is -2.36. The van der Waals surface area contributed by atoms with Crippen molar-refractivity contribution in [3.05, 3.63) is 0 Å². The van der Waals surface area contributed by atoms with Gasteiger partial charge in [0, 0.05) is 32.5 Å². The number of carbonyl (C=O) groups is 14. The first kappa shape index (κ1) is 84.5. The molecule has 0 bridgehead atoms. The molecule has 0 aromatic heterocycles. The summed E-state index contributed by atoms with van der Waals surface area (Å²) in [5, 5.41) is 80.8. The standard InChI is InChI=1S/C63H110N14O19/c1-16-18-19-21-36-27-41(81)70-42(29(5)6)56(89)74-45(49(82)30(7)8)58(91)66-33(12)53(86)73-46(50(83)31(9)10)59(92)68-37(23-24-40(64)80)62(95)76(15)48(32(11)17-2)61(94)75-47(51(84)52(65)85)60(93)72-44(35(14)79)63(96)77-25-20-22-39(77)55(88)69-38(26-28(3)4)54(87)71-43(34(13)78)57(90)67-36/h28-39,42-51,78-79,82-84H,16-27H2,1-15H3,(H2,64,80)(H2,65,85)(H,66,91)(H,67,90)(H,68,92)(H,69,88)(H,70,81)(H,71,87)(H,72,93)(H,73,86)(H,74,89)(H,75,94)/t32?,33-,34?,35?,36-,37-,38-,39-,42-,43-,44-,45-,46-,47-,48-,49?,50?,51?/m0/s1. The number of hydrogen-bond acceptors (Lipinski definition) is 19. The summed E-state index contributed by atoms with van der Waals surface area (Å²) in [6.45, 7) is 21.0. The van der Waals surface area contributed by atoms with E-state index in [2.05, 4.69) is 53.2 Å². The molecule has 0 spiro atoms. The van der Waals surface area contributed by atoms with Crippen LogP contribution in [0, 0.1) is 29.6 Å². The van der Waals surface area contributed by atoms with Gasteiger partial charge >= 0.3 is 0 Å². The van der Waals surface area contributed by atoms with Gasteiger partial charge in [-0.05, 0) is 82.5 Å². The van der Waals surface area contributed by atoms with Crippen molar-refractivity contribution < 1.29 is 92.7 Å². The number of aliphatic hydroxyl groups excluding tert-OH is 5. The van der Waals surface area contributed by atoms with E-state index >= 15 is 0 Å². The van der Waals surface area contributed by atoms with Crippen LogP contribution in [-0.4, -0.2) is 235 Å². The number of unbranched alkanes of at least 4 members (excludes halogenated alkanes) is 2. The van der Waals surface area contributed by atoms with Crippen LogP contribution in [0.2, 0.25) is 0 Å². The van der Waals surface area contributed by atoms with Gasteiger partial charge in [-0.3, -0.25) is 67.1 Å². The highest BCUT2D eigenvalue weighted by Gasteiger charge is 2.46. The zero-order valence-corrected chi connectivity index (χ0v) is 58.2. The zero-order chi connectivity index (χ0) is 73.5. The van der Waals surface area contributed by atoms with Crippen molar-refractivity contribution in [1.29, 1.82) is 0 Å². The lowest BCUT2D eigenvalue weighted by molar-refractivity contribution is -0.148. The Labute approximate surface area is 561 Å². The summed E-state index contributed by atoms with van der Waals surface area (Å²) in [5.41, 5.74) is 11.0. The van der Waals surface area contributed by atoms with Gasteiger partial charge in [-0.1, -0.05) is 102 Å². The number of carbonyl (C=O) groups excluding carboxylic acids is 14. The lowest BCUT2D eigenvalue weighted by Crippen LogP contribution is -2.65. The predicted octanol–water partition coefficient (Wildman–Crippen LogP) is -4.69. The molecular formula is C63H110N14O19. The average Bonchev–Trinajstić information content (AvgIpc) is 1.22. The fourth-order valence-electron chi connectivity index (χ4n) is 11.1. The highest BCUT2D eigenvalue weighted by molar-refractivity contribution is 6.01. The minimum absolute atomic E-state index is 0.00696. The van der Waals surface area contributed by atoms with Crippen LogP contribution in [0.4, 0.5) is 0 Å². The maximum absolute atomic E-state index is 14.7. The number of aliphatic hydroxyl groups is 5. The summed E-state index contributed by atoms with van der Waals surface area (Å²) in [7, 11) is 1.11. The summed E-state index contributed by atoms with van der Waals surface area (Å²) >= 11 is 0. The van der Waals surface area contributed by atoms with E-state index in [1.165, 1.54) is 48.5 Å². The third kappa shape index (κ3) is 25.1. The summed E-state index contributed by atoms with van der Waals surface area (Å²) in [4.78, 5) is 199. The number of nitrogens with one attached hydrogen (secondary N) is 10. The van der Waals surface area contributed by atoms with E-state index < -0.39 is 229 Å². The van der Waals surface area contributed by atoms with Crippen molar-refractivity contribution in [2.45, 2.75) is 271 Å². The molecule has 18 atom stereocenters. The van der Waals surface area contributed by atoms with Crippen molar-refractivity contribution in [2.24, 2.45) is 41.1 Å². The Bertz CT molecular complexity index is 2710. The second kappa shape index (κ2) is 39.6. The van der Waals surface area contributed by atoms with E-state index in [9.17, 15) is 92.7 Å². The zero-order valence-electron chi connectivity index (χ0n) is 58.2. The molecule has 2 saturated heterocycles. The van der Waals surface area contributed by atoms with Crippen LogP contribution in [-0.2, 0) is 67.1 Å². The van der Waals surface area contributed by atoms with Crippen LogP contribution in [0.3, 0.4) is 0 Å². The van der Waals surface area contributed by atoms with Gasteiger partial charge in [0.2, 0.25) is 82.7 Å². The molecule has 2 aliphatic heterocycles. The van der Waals surface area contributed by atoms with Crippen molar-refractivity contribution in [3.8, 4) is 0 Å². The highest BCUT2D eigenvalue weighted by Crippen LogP contribution is 2.23. The molecule has 96 heavy (non-hydrogen) atoms. The van der Waals surface area contributed by atoms with Gasteiger partial charge < -0.3 is 100.0 Å². The molecule has 19 N–H and O–H groups in total. The van der Waals surface area contributed by atoms with E-state index in [0.717, 1.165) is 30.2 Å². The second-order valence-electron chi connectivity index (χ2n) is 26.9. The molecule has 546 valence electrons. The van der Waals surface area contributed by atoms with Gasteiger partial charge in [0.25, 0.3) is 0 Å². The topological polar surface area (TPSA) is 519 Å². The number of hydrogen-bond donors (Lipinski definition) is 17. The predicted molar refractivity (Wildman–Crippen MR) is 347 cm³/mol. The monoisotopic (exact) mass is 1370 g/mol. The Morgan fingerprint density at radius 2 is 1.02 bits per heavy atom. The molecule has 6 unspecified atom stereocenters. The Balaban J connectivity index is 2.97. The molecule has 0 aliphatic carbocycles. The average molecular weight is 1370 g/mol. The lowest BCUT2D eigenvalue weighted by atomic mass is 9.94. The molecule has 33 heteroatoms. The number of fused-ring (bicyclic) bond motifs is 1. The summed E-state index contributed by atoms with van der Waals surface area (Å²) in [6, 6.07) is -20.0. The normalized spacial score (nSPS) is 28.2. The molecule has 33 nitrogen and oxygen atoms in total. The quantitative estimate of drug-likeness (QED) is 0.0510. The van der Waals surface area contributed by atoms with Gasteiger partial charge in [-0.25, -0.2) is 0 Å². The maximum atomic E-state index is 14.7. The van der Waals surface area contributed by atoms with E-state index in [1.54, 1.807) is 34.6 Å². The van der Waals surface area contributed by atoms with E-state index in [-0.39, 0.29) is 44.6 Å². The number of nitrogens with zero attached hydrogens (tertiary/aromatic N) is 2. The second-order valence-corrected chi connectivity index (χ2v) is 26.9. The molecular weight excluding hydrogens is 1260 g/mol. The molecule has 0 aromatic rings. The van der Waals surface area contributed by atoms with Crippen LogP contribution in [0.25, 0.3) is 0 Å². The van der Waals surface area contributed by atoms with Gasteiger partial charge in [0.1, 0.15) is 66.5 Å². The minimum atomic E-state index is -2.56. The Kier molecular flexibility index (Phi) is 34.8. The van der Waals surface area contributed by atoms with Crippen LogP contribution >= 0.6 is 0 Å². The van der Waals surface area contributed by atoms with Gasteiger partial charge in [-0.15, -0.1) is 0 Å². The molecule has 2 heterocycles. The Morgan fingerprint density at radius 3 is 1.52 bits per heavy atom. The summed E-state index contributed by atoms with van der Waals surface area (Å²) in [6.07, 6.45) is -8.53. The van der Waals surface area contributed by atoms with Crippen molar-refractivity contribution in [1.82, 2.24) is 63.0 Å². The van der Waals surface area contributed by atoms with E-state index in [0.29, 0.717) is 12.8 Å². The SMILES string of the molecule is CCCCC[C@H]1CC(=O)N[C@@H](C(C)C)C(=O)N[C@@H](C(O)C(C)C)C(=O)N[C@@H](C)C(=O)N[C@@H](C(O)C(C)C)C(=O)N[C@@H](CCC(N)=O)C(=O)N(C)[C@@H](C(C)CC)C(=O)N[C@@H](C(O)C(N)=O)C(=O)N[C@@H](C(C)O)C(=O)N2CCC[C@H]2C(=O)N[C@@H](CC(C)C)C(=O)N[C@@H](C(C)O)C(=O)N1. The molecule has 2 fully saturated rings. The number of rotatable bonds is 20. The molecule has 14 amide bonds. The first-order chi connectivity index (χ1) is 44.6. The maximum Gasteiger partial charge on any atom is 0.248 e. The van der Waals surface area contributed by atoms with Crippen LogP contribution in [0.1, 0.15) is 168 Å². The molecule has 0 radical (unpaired) electrons. The molecule has 2 rings (SSSR count). The summed E-state index contributed by atoms with van der Waals surface area (Å²) in [5.74, 6) is -18.7. The van der Waals surface area contributed by atoms with E-state index in [4.69, 9.17) is 11.5 Å². The fourth-order valence-corrected chi connectivity index (χ4v) is 11.1. The van der Waals surface area contributed by atoms with Crippen molar-refractivity contribution in [2.75, 3.05) is 13.6 Å². The van der Waals surface area contributed by atoms with Gasteiger partial charge in [0.15, 0.2) is 6.10 Å². The third-order valence-electron chi connectivity index (χ3n) is 17.1. The molecule has 0 saturated carbocycles. The van der Waals surface area contributed by atoms with Crippen LogP contribution < -0.4 is 64.6 Å².